The Kier molecular flexibility index (Phi) is 4.24. The molecule has 0 radical (unpaired) electrons. The summed E-state index contributed by atoms with van der Waals surface area (Å²) in [7, 11) is 0. The molecule has 114 valence electrons. The molecule has 3 rings (SSSR count). The van der Waals surface area contributed by atoms with Gasteiger partial charge in [0.15, 0.2) is 0 Å². The van der Waals surface area contributed by atoms with Crippen LogP contribution in [0.4, 0.5) is 8.78 Å². The predicted molar refractivity (Wildman–Crippen MR) is 72.6 cm³/mol. The van der Waals surface area contributed by atoms with E-state index >= 15 is 0 Å². The van der Waals surface area contributed by atoms with Gasteiger partial charge in [0.1, 0.15) is 0 Å². The molecule has 3 nitrogen and oxygen atoms in total. The van der Waals surface area contributed by atoms with Crippen molar-refractivity contribution in [1.82, 2.24) is 10.2 Å². The van der Waals surface area contributed by atoms with Gasteiger partial charge in [-0.05, 0) is 44.9 Å². The number of rotatable bonds is 3. The lowest BCUT2D eigenvalue weighted by molar-refractivity contribution is -0.133. The fourth-order valence-electron chi connectivity index (χ4n) is 3.99. The maximum atomic E-state index is 12.5. The van der Waals surface area contributed by atoms with Gasteiger partial charge in [-0.15, -0.1) is 0 Å². The van der Waals surface area contributed by atoms with Crippen LogP contribution in [-0.2, 0) is 4.79 Å². The summed E-state index contributed by atoms with van der Waals surface area (Å²) in [6.07, 6.45) is 4.86. The first-order valence-electron chi connectivity index (χ1n) is 7.97. The number of nitrogens with zero attached hydrogens (tertiary/aromatic N) is 1. The van der Waals surface area contributed by atoms with Crippen LogP contribution in [0.3, 0.4) is 0 Å². The first-order chi connectivity index (χ1) is 9.63. The zero-order valence-corrected chi connectivity index (χ0v) is 11.9. The molecule has 20 heavy (non-hydrogen) atoms. The number of alkyl halides is 2. The van der Waals surface area contributed by atoms with Gasteiger partial charge in [-0.1, -0.05) is 0 Å². The molecule has 1 saturated carbocycles. The second-order valence-corrected chi connectivity index (χ2v) is 6.64. The van der Waals surface area contributed by atoms with Gasteiger partial charge in [-0.3, -0.25) is 4.79 Å². The van der Waals surface area contributed by atoms with Gasteiger partial charge in [0.05, 0.1) is 0 Å². The zero-order valence-electron chi connectivity index (χ0n) is 11.9. The highest BCUT2D eigenvalue weighted by Crippen LogP contribution is 2.34. The third-order valence-corrected chi connectivity index (χ3v) is 5.20. The van der Waals surface area contributed by atoms with Crippen LogP contribution >= 0.6 is 0 Å². The summed E-state index contributed by atoms with van der Waals surface area (Å²) < 4.78 is 25.0. The van der Waals surface area contributed by atoms with E-state index in [0.29, 0.717) is 37.3 Å². The minimum absolute atomic E-state index is 0.268. The molecule has 0 aromatic rings. The molecule has 2 heterocycles. The van der Waals surface area contributed by atoms with Crippen LogP contribution < -0.4 is 5.32 Å². The lowest BCUT2D eigenvalue weighted by Gasteiger charge is -2.40. The smallest absolute Gasteiger partial charge is 0.241 e. The molecule has 1 amide bonds. The van der Waals surface area contributed by atoms with Crippen molar-refractivity contribution in [3.63, 3.8) is 0 Å². The number of halogens is 2. The highest BCUT2D eigenvalue weighted by molar-refractivity contribution is 5.76. The average molecular weight is 286 g/mol. The largest absolute Gasteiger partial charge is 0.340 e. The molecule has 1 unspecified atom stereocenters. The van der Waals surface area contributed by atoms with Crippen LogP contribution in [0.2, 0.25) is 0 Å². The summed E-state index contributed by atoms with van der Waals surface area (Å²) in [5.41, 5.74) is 0. The summed E-state index contributed by atoms with van der Waals surface area (Å²) in [6, 6.07) is 1.05. The lowest BCUT2D eigenvalue weighted by atomic mass is 9.79. The minimum atomic E-state index is -2.16. The van der Waals surface area contributed by atoms with Gasteiger partial charge in [0.25, 0.3) is 0 Å². The maximum absolute atomic E-state index is 12.5. The van der Waals surface area contributed by atoms with Crippen molar-refractivity contribution in [2.24, 2.45) is 5.92 Å². The van der Waals surface area contributed by atoms with Crippen LogP contribution in [0.5, 0.6) is 0 Å². The molecule has 5 heteroatoms. The van der Waals surface area contributed by atoms with E-state index in [0.717, 1.165) is 38.6 Å². The van der Waals surface area contributed by atoms with Gasteiger partial charge in [-0.25, -0.2) is 8.78 Å². The van der Waals surface area contributed by atoms with Crippen molar-refractivity contribution in [3.8, 4) is 0 Å². The van der Waals surface area contributed by atoms with E-state index in [1.165, 1.54) is 0 Å². The number of nitrogens with one attached hydrogen (secondary N) is 1. The van der Waals surface area contributed by atoms with Gasteiger partial charge in [0.2, 0.25) is 12.3 Å². The standard InChI is InChI=1S/C15H24F2N2O/c16-15(17)10-7-12(8-10)18-11-3-1-5-14(20)19-6-2-4-13(19)9-11/h10-13,15,18H,1-9H2/t10?,11?,12?,13-/m1/s1. The SMILES string of the molecule is O=C1CCCC(NC2CC(C(F)F)C2)C[C@H]2CCCN12. The summed E-state index contributed by atoms with van der Waals surface area (Å²) in [5, 5.41) is 3.56. The topological polar surface area (TPSA) is 32.3 Å². The molecule has 2 saturated heterocycles. The van der Waals surface area contributed by atoms with E-state index in [9.17, 15) is 13.6 Å². The van der Waals surface area contributed by atoms with Crippen molar-refractivity contribution in [3.05, 3.63) is 0 Å². The highest BCUT2D eigenvalue weighted by Gasteiger charge is 2.38. The number of carbonyl (C=O) groups excluding carboxylic acids is 1. The van der Waals surface area contributed by atoms with E-state index in [1.54, 1.807) is 0 Å². The van der Waals surface area contributed by atoms with Crippen molar-refractivity contribution in [1.29, 1.82) is 0 Å². The Labute approximate surface area is 119 Å². The van der Waals surface area contributed by atoms with Crippen LogP contribution in [0, 0.1) is 5.92 Å². The summed E-state index contributed by atoms with van der Waals surface area (Å²) in [6.45, 7) is 0.910. The maximum Gasteiger partial charge on any atom is 0.241 e. The summed E-state index contributed by atoms with van der Waals surface area (Å²) in [4.78, 5) is 14.0. The van der Waals surface area contributed by atoms with Gasteiger partial charge in [0, 0.05) is 37.0 Å². The highest BCUT2D eigenvalue weighted by atomic mass is 19.3. The molecule has 0 bridgehead atoms. The third kappa shape index (κ3) is 2.97. The van der Waals surface area contributed by atoms with Gasteiger partial charge < -0.3 is 10.2 Å². The van der Waals surface area contributed by atoms with E-state index in [1.807, 2.05) is 0 Å². The van der Waals surface area contributed by atoms with Crippen LogP contribution in [0.1, 0.15) is 51.4 Å². The number of hydrogen-bond acceptors (Lipinski definition) is 2. The fourth-order valence-corrected chi connectivity index (χ4v) is 3.99. The number of hydrogen-bond donors (Lipinski definition) is 1. The van der Waals surface area contributed by atoms with E-state index in [2.05, 4.69) is 10.2 Å². The Morgan fingerprint density at radius 3 is 2.65 bits per heavy atom. The van der Waals surface area contributed by atoms with Gasteiger partial charge >= 0.3 is 0 Å². The Morgan fingerprint density at radius 2 is 1.90 bits per heavy atom. The second-order valence-electron chi connectivity index (χ2n) is 6.64. The molecule has 1 N–H and O–H groups in total. The molecule has 3 fully saturated rings. The predicted octanol–water partition coefficient (Wildman–Crippen LogP) is 2.55. The van der Waals surface area contributed by atoms with Crippen molar-refractivity contribution >= 4 is 5.91 Å². The third-order valence-electron chi connectivity index (χ3n) is 5.20. The first-order valence-corrected chi connectivity index (χ1v) is 7.97. The van der Waals surface area contributed by atoms with Crippen molar-refractivity contribution in [2.75, 3.05) is 6.54 Å². The van der Waals surface area contributed by atoms with Crippen molar-refractivity contribution < 1.29 is 13.6 Å². The lowest BCUT2D eigenvalue weighted by Crippen LogP contribution is -2.50. The molecule has 2 atom stereocenters. The zero-order chi connectivity index (χ0) is 14.1. The first kappa shape index (κ1) is 14.2. The average Bonchev–Trinajstić information content (AvgIpc) is 2.77. The Bertz CT molecular complexity index is 358. The van der Waals surface area contributed by atoms with Crippen LogP contribution in [0.15, 0.2) is 0 Å². The summed E-state index contributed by atoms with van der Waals surface area (Å²) >= 11 is 0. The number of fused-ring (bicyclic) bond motifs is 1. The minimum Gasteiger partial charge on any atom is -0.340 e. The van der Waals surface area contributed by atoms with E-state index in [-0.39, 0.29) is 6.04 Å². The van der Waals surface area contributed by atoms with Gasteiger partial charge in [-0.2, -0.15) is 0 Å². The molecule has 0 spiro atoms. The summed E-state index contributed by atoms with van der Waals surface area (Å²) in [5.74, 6) is -0.0852. The van der Waals surface area contributed by atoms with Crippen LogP contribution in [0.25, 0.3) is 0 Å². The Morgan fingerprint density at radius 1 is 1.10 bits per heavy atom. The molecule has 0 aromatic heterocycles. The fraction of sp³-hybridized carbons (Fsp3) is 0.933. The number of carbonyl (C=O) groups is 1. The monoisotopic (exact) mass is 286 g/mol. The number of amides is 1. The molecular weight excluding hydrogens is 262 g/mol. The van der Waals surface area contributed by atoms with E-state index in [4.69, 9.17) is 0 Å². The molecular formula is C15H24F2N2O. The Balaban J connectivity index is 1.51. The molecule has 0 aromatic carbocycles. The van der Waals surface area contributed by atoms with Crippen molar-refractivity contribution in [2.45, 2.75) is 75.9 Å². The second kappa shape index (κ2) is 5.96. The Hall–Kier alpha value is -0.710. The van der Waals surface area contributed by atoms with E-state index < -0.39 is 12.3 Å². The molecule has 2 aliphatic heterocycles. The quantitative estimate of drug-likeness (QED) is 0.865. The molecule has 1 aliphatic carbocycles. The van der Waals surface area contributed by atoms with Crippen LogP contribution in [-0.4, -0.2) is 41.9 Å². The normalized spacial score (nSPS) is 38.4. The molecule has 3 aliphatic rings.